The third kappa shape index (κ3) is 5.40. The second-order valence-electron chi connectivity index (χ2n) is 15.1. The zero-order valence-corrected chi connectivity index (χ0v) is 31.8. The molecule has 4 heteroatoms. The van der Waals surface area contributed by atoms with Crippen LogP contribution in [-0.4, -0.2) is 14.1 Å². The lowest BCUT2D eigenvalue weighted by molar-refractivity contribution is 1.13. The van der Waals surface area contributed by atoms with Crippen LogP contribution >= 0.6 is 0 Å². The molecular formula is C52H38N4. The van der Waals surface area contributed by atoms with Gasteiger partial charge < -0.3 is 9.13 Å². The Bertz CT molecular complexity index is 2910. The topological polar surface area (TPSA) is 46.5 Å². The van der Waals surface area contributed by atoms with E-state index in [2.05, 4.69) is 188 Å². The average Bonchev–Trinajstić information content (AvgIpc) is 3.71. The highest BCUT2D eigenvalue weighted by Gasteiger charge is 2.24. The van der Waals surface area contributed by atoms with Gasteiger partial charge >= 0.3 is 0 Å². The first kappa shape index (κ1) is 33.4. The zero-order valence-electron chi connectivity index (χ0n) is 31.8. The van der Waals surface area contributed by atoms with Gasteiger partial charge in [0, 0.05) is 38.2 Å². The molecule has 0 aliphatic carbocycles. The van der Waals surface area contributed by atoms with Crippen LogP contribution in [0.2, 0.25) is 0 Å². The molecule has 3 aromatic heterocycles. The maximum atomic E-state index is 10.8. The number of aryl methyl sites for hydroxylation is 4. The molecule has 56 heavy (non-hydrogen) atoms. The summed E-state index contributed by atoms with van der Waals surface area (Å²) < 4.78 is 4.74. The number of aromatic nitrogens is 3. The maximum Gasteiger partial charge on any atom is 0.0993 e. The van der Waals surface area contributed by atoms with Crippen molar-refractivity contribution in [2.45, 2.75) is 27.7 Å². The Labute approximate surface area is 326 Å². The van der Waals surface area contributed by atoms with E-state index in [0.717, 1.165) is 67.1 Å². The number of pyridine rings is 1. The number of benzene rings is 7. The number of nitriles is 1. The predicted molar refractivity (Wildman–Crippen MR) is 233 cm³/mol. The Kier molecular flexibility index (Phi) is 7.73. The van der Waals surface area contributed by atoms with Crippen molar-refractivity contribution in [2.75, 3.05) is 0 Å². The summed E-state index contributed by atoms with van der Waals surface area (Å²) in [4.78, 5) is 5.29. The Morgan fingerprint density at radius 2 is 0.768 bits per heavy atom. The van der Waals surface area contributed by atoms with E-state index in [0.29, 0.717) is 5.56 Å². The Morgan fingerprint density at radius 1 is 0.411 bits per heavy atom. The monoisotopic (exact) mass is 718 g/mol. The summed E-state index contributed by atoms with van der Waals surface area (Å²) in [5.74, 6) is 0. The van der Waals surface area contributed by atoms with Crippen LogP contribution in [0.3, 0.4) is 0 Å². The van der Waals surface area contributed by atoms with Crippen LogP contribution in [0.5, 0.6) is 0 Å². The summed E-state index contributed by atoms with van der Waals surface area (Å²) in [6.07, 6.45) is 0. The van der Waals surface area contributed by atoms with Gasteiger partial charge in [-0.3, -0.25) is 0 Å². The molecule has 0 bridgehead atoms. The van der Waals surface area contributed by atoms with Gasteiger partial charge in [-0.1, -0.05) is 107 Å². The molecule has 10 rings (SSSR count). The van der Waals surface area contributed by atoms with Gasteiger partial charge in [0.15, 0.2) is 0 Å². The van der Waals surface area contributed by atoms with Crippen molar-refractivity contribution >= 4 is 43.6 Å². The second-order valence-corrected chi connectivity index (χ2v) is 15.1. The first-order valence-electron chi connectivity index (χ1n) is 19.1. The van der Waals surface area contributed by atoms with Crippen LogP contribution in [0.1, 0.15) is 27.8 Å². The van der Waals surface area contributed by atoms with E-state index in [1.54, 1.807) is 0 Å². The summed E-state index contributed by atoms with van der Waals surface area (Å²) >= 11 is 0. The fraction of sp³-hybridized carbons (Fsp3) is 0.0769. The maximum absolute atomic E-state index is 10.8. The van der Waals surface area contributed by atoms with E-state index in [-0.39, 0.29) is 0 Å². The van der Waals surface area contributed by atoms with Crippen LogP contribution in [-0.2, 0) is 0 Å². The summed E-state index contributed by atoms with van der Waals surface area (Å²) in [5.41, 5.74) is 17.5. The molecule has 0 aliphatic heterocycles. The largest absolute Gasteiger partial charge is 0.308 e. The lowest BCUT2D eigenvalue weighted by atomic mass is 9.95. The minimum atomic E-state index is 0.586. The van der Waals surface area contributed by atoms with Gasteiger partial charge in [0.1, 0.15) is 0 Å². The van der Waals surface area contributed by atoms with Crippen molar-refractivity contribution in [1.29, 1.82) is 5.26 Å². The minimum absolute atomic E-state index is 0.586. The first-order valence-corrected chi connectivity index (χ1v) is 19.1. The number of hydrogen-bond donors (Lipinski definition) is 0. The second kappa shape index (κ2) is 13.0. The highest BCUT2D eigenvalue weighted by atomic mass is 15.0. The molecule has 7 aromatic carbocycles. The van der Waals surface area contributed by atoms with Gasteiger partial charge in [0.2, 0.25) is 0 Å². The lowest BCUT2D eigenvalue weighted by Crippen LogP contribution is -2.06. The number of hydrogen-bond acceptors (Lipinski definition) is 2. The fourth-order valence-corrected chi connectivity index (χ4v) is 8.53. The van der Waals surface area contributed by atoms with Crippen LogP contribution in [0.25, 0.3) is 88.6 Å². The van der Waals surface area contributed by atoms with Crippen LogP contribution < -0.4 is 0 Å². The molecule has 0 unspecified atom stereocenters. The van der Waals surface area contributed by atoms with Crippen molar-refractivity contribution in [2.24, 2.45) is 0 Å². The Morgan fingerprint density at radius 3 is 1.11 bits per heavy atom. The van der Waals surface area contributed by atoms with Gasteiger partial charge in [0.05, 0.1) is 56.5 Å². The molecule has 0 atom stereocenters. The van der Waals surface area contributed by atoms with E-state index >= 15 is 0 Å². The Balaban J connectivity index is 1.42. The van der Waals surface area contributed by atoms with Crippen LogP contribution in [0.4, 0.5) is 0 Å². The normalized spacial score (nSPS) is 11.6. The number of rotatable bonds is 5. The molecular weight excluding hydrogens is 681 g/mol. The minimum Gasteiger partial charge on any atom is -0.308 e. The standard InChI is InChI=1S/C52H38N4/c1-32-15-19-46-40(23-32)41-24-33(2)16-20-47(41)55(46)50-27-36(31-53)28-51(56-48-21-17-34(3)25-42(48)43-26-35(4)18-22-49(43)56)52(50)39-29-44(37-11-7-5-8-12-37)54-45(30-39)38-13-9-6-10-14-38/h5-30H,1-4H3. The quantitative estimate of drug-likeness (QED) is 0.178. The summed E-state index contributed by atoms with van der Waals surface area (Å²) in [5, 5.41) is 15.6. The van der Waals surface area contributed by atoms with Crippen LogP contribution in [0.15, 0.2) is 158 Å². The molecule has 0 aliphatic rings. The number of fused-ring (bicyclic) bond motifs is 6. The molecule has 0 saturated heterocycles. The van der Waals surface area contributed by atoms with E-state index in [9.17, 15) is 5.26 Å². The van der Waals surface area contributed by atoms with Gasteiger partial charge in [-0.25, -0.2) is 4.98 Å². The molecule has 4 nitrogen and oxygen atoms in total. The zero-order chi connectivity index (χ0) is 38.1. The van der Waals surface area contributed by atoms with Gasteiger partial charge in [-0.05, 0) is 106 Å². The highest BCUT2D eigenvalue weighted by molar-refractivity contribution is 6.12. The molecule has 0 saturated carbocycles. The lowest BCUT2D eigenvalue weighted by Gasteiger charge is -2.22. The van der Waals surface area contributed by atoms with E-state index < -0.39 is 0 Å². The molecule has 0 amide bonds. The summed E-state index contributed by atoms with van der Waals surface area (Å²) in [7, 11) is 0. The van der Waals surface area contributed by atoms with Gasteiger partial charge in [-0.2, -0.15) is 5.26 Å². The van der Waals surface area contributed by atoms with Crippen molar-refractivity contribution in [3.8, 4) is 51.1 Å². The van der Waals surface area contributed by atoms with Crippen molar-refractivity contribution < 1.29 is 0 Å². The predicted octanol–water partition coefficient (Wildman–Crippen LogP) is 13.4. The van der Waals surface area contributed by atoms with Crippen molar-refractivity contribution in [3.05, 3.63) is 186 Å². The third-order valence-corrected chi connectivity index (χ3v) is 11.1. The van der Waals surface area contributed by atoms with Crippen molar-refractivity contribution in [1.82, 2.24) is 14.1 Å². The van der Waals surface area contributed by atoms with Gasteiger partial charge in [0.25, 0.3) is 0 Å². The van der Waals surface area contributed by atoms with E-state index in [1.807, 2.05) is 12.1 Å². The summed E-state index contributed by atoms with van der Waals surface area (Å²) in [6.45, 7) is 8.60. The Hall–Kier alpha value is -7.22. The molecule has 0 fully saturated rings. The van der Waals surface area contributed by atoms with Crippen LogP contribution in [0, 0.1) is 39.0 Å². The fourth-order valence-electron chi connectivity index (χ4n) is 8.53. The molecule has 0 radical (unpaired) electrons. The molecule has 266 valence electrons. The average molecular weight is 719 g/mol. The van der Waals surface area contributed by atoms with E-state index in [4.69, 9.17) is 4.98 Å². The highest BCUT2D eigenvalue weighted by Crippen LogP contribution is 2.44. The third-order valence-electron chi connectivity index (χ3n) is 11.1. The molecule has 0 N–H and O–H groups in total. The summed E-state index contributed by atoms with van der Waals surface area (Å²) in [6, 6.07) is 58.8. The number of nitrogens with zero attached hydrogens (tertiary/aromatic N) is 4. The van der Waals surface area contributed by atoms with Crippen molar-refractivity contribution in [3.63, 3.8) is 0 Å². The molecule has 3 heterocycles. The smallest absolute Gasteiger partial charge is 0.0993 e. The SMILES string of the molecule is Cc1ccc2c(c1)c1cc(C)ccc1n2-c1cc(C#N)cc(-n2c3ccc(C)cc3c3cc(C)ccc32)c1-c1cc(-c2ccccc2)nc(-c2ccccc2)c1. The van der Waals surface area contributed by atoms with Gasteiger partial charge in [-0.15, -0.1) is 0 Å². The van der Waals surface area contributed by atoms with E-state index in [1.165, 1.54) is 43.8 Å². The molecule has 10 aromatic rings. The molecule has 0 spiro atoms. The first-order chi connectivity index (χ1) is 27.3.